The average molecular weight is 277 g/mol. The number of hydrogen-bond donors (Lipinski definition) is 1. The Morgan fingerprint density at radius 1 is 1.67 bits per heavy atom. The van der Waals surface area contributed by atoms with Crippen LogP contribution in [0.2, 0.25) is 5.02 Å². The second kappa shape index (κ2) is 5.63. The van der Waals surface area contributed by atoms with Gasteiger partial charge in [0.25, 0.3) is 5.91 Å². The number of nitro groups is 1. The number of nitrogens with two attached hydrogens (primary N) is 1. The van der Waals surface area contributed by atoms with Gasteiger partial charge < -0.3 is 10.5 Å². The number of amides is 1. The first-order chi connectivity index (χ1) is 8.36. The maximum Gasteiger partial charge on any atom is 0.306 e. The summed E-state index contributed by atoms with van der Waals surface area (Å²) in [6.07, 6.45) is -0.701. The molecular weight excluding hydrogens is 267 g/mol. The molecule has 0 saturated heterocycles. The van der Waals surface area contributed by atoms with E-state index >= 15 is 0 Å². The first kappa shape index (κ1) is 14.2. The fourth-order valence-electron chi connectivity index (χ4n) is 1.24. The van der Waals surface area contributed by atoms with E-state index in [1.54, 1.807) is 6.92 Å². The monoisotopic (exact) mass is 276 g/mol. The molecule has 6 nitrogen and oxygen atoms in total. The molecule has 0 fully saturated rings. The van der Waals surface area contributed by atoms with Gasteiger partial charge in [-0.05, 0) is 6.42 Å². The molecule has 1 amide bonds. The highest BCUT2D eigenvalue weighted by atomic mass is 35.5. The maximum atomic E-state index is 13.3. The quantitative estimate of drug-likeness (QED) is 0.657. The molecular formula is C10H10ClFN2O4. The molecule has 0 radical (unpaired) electrons. The third-order valence-corrected chi connectivity index (χ3v) is 2.45. The van der Waals surface area contributed by atoms with Crippen LogP contribution in [-0.2, 0) is 4.79 Å². The lowest BCUT2D eigenvalue weighted by Crippen LogP contribution is -2.33. The third kappa shape index (κ3) is 3.07. The van der Waals surface area contributed by atoms with Gasteiger partial charge in [-0.15, -0.1) is 0 Å². The van der Waals surface area contributed by atoms with Gasteiger partial charge in [-0.3, -0.25) is 14.9 Å². The lowest BCUT2D eigenvalue weighted by Gasteiger charge is -2.15. The number of benzene rings is 1. The van der Waals surface area contributed by atoms with Gasteiger partial charge in [0.15, 0.2) is 6.10 Å². The van der Waals surface area contributed by atoms with E-state index in [1.807, 2.05) is 0 Å². The molecule has 0 spiro atoms. The summed E-state index contributed by atoms with van der Waals surface area (Å²) in [6.45, 7) is 1.64. The molecule has 1 atom stereocenters. The van der Waals surface area contributed by atoms with Gasteiger partial charge in [0, 0.05) is 12.1 Å². The van der Waals surface area contributed by atoms with Crippen molar-refractivity contribution in [1.29, 1.82) is 0 Å². The molecule has 98 valence electrons. The highest BCUT2D eigenvalue weighted by molar-refractivity contribution is 6.32. The summed E-state index contributed by atoms with van der Waals surface area (Å²) in [6, 6.07) is 1.58. The highest BCUT2D eigenvalue weighted by Gasteiger charge is 2.21. The van der Waals surface area contributed by atoms with Crippen molar-refractivity contribution in [3.05, 3.63) is 33.1 Å². The predicted octanol–water partition coefficient (Wildman–Crippen LogP) is 2.03. The molecule has 18 heavy (non-hydrogen) atoms. The zero-order valence-corrected chi connectivity index (χ0v) is 10.1. The molecule has 0 aliphatic rings. The fraction of sp³-hybridized carbons (Fsp3) is 0.300. The average Bonchev–Trinajstić information content (AvgIpc) is 2.28. The van der Waals surface area contributed by atoms with Crippen LogP contribution in [0.25, 0.3) is 0 Å². The van der Waals surface area contributed by atoms with Crippen LogP contribution in [0.15, 0.2) is 12.1 Å². The maximum absolute atomic E-state index is 13.3. The van der Waals surface area contributed by atoms with Gasteiger partial charge in [0.1, 0.15) is 5.75 Å². The molecule has 0 aliphatic carbocycles. The van der Waals surface area contributed by atoms with Gasteiger partial charge in [0.2, 0.25) is 5.82 Å². The third-order valence-electron chi connectivity index (χ3n) is 2.16. The van der Waals surface area contributed by atoms with Crippen LogP contribution in [0.1, 0.15) is 13.3 Å². The number of rotatable bonds is 5. The standard InChI is InChI=1S/C10H10ClFN2O4/c1-2-8(10(13)15)18-9-4-6(12)7(14(16)17)3-5(9)11/h3-4,8H,2H2,1H3,(H2,13,15). The molecule has 1 aromatic carbocycles. The largest absolute Gasteiger partial charge is 0.479 e. The Hall–Kier alpha value is -1.89. The Morgan fingerprint density at radius 2 is 2.28 bits per heavy atom. The molecule has 1 aromatic rings. The summed E-state index contributed by atoms with van der Waals surface area (Å²) in [5.41, 5.74) is 4.29. The van der Waals surface area contributed by atoms with Crippen molar-refractivity contribution in [3.63, 3.8) is 0 Å². The molecule has 1 unspecified atom stereocenters. The Bertz CT molecular complexity index is 495. The highest BCUT2D eigenvalue weighted by Crippen LogP contribution is 2.32. The Balaban J connectivity index is 3.08. The molecule has 2 N–H and O–H groups in total. The summed E-state index contributed by atoms with van der Waals surface area (Å²) >= 11 is 5.70. The van der Waals surface area contributed by atoms with Crippen LogP contribution in [0, 0.1) is 15.9 Å². The fourth-order valence-corrected chi connectivity index (χ4v) is 1.45. The second-order valence-corrected chi connectivity index (χ2v) is 3.82. The van der Waals surface area contributed by atoms with Crippen LogP contribution in [-0.4, -0.2) is 16.9 Å². The van der Waals surface area contributed by atoms with Crippen molar-refractivity contribution in [2.24, 2.45) is 5.73 Å². The summed E-state index contributed by atoms with van der Waals surface area (Å²) in [7, 11) is 0. The first-order valence-corrected chi connectivity index (χ1v) is 5.34. The lowest BCUT2D eigenvalue weighted by atomic mass is 10.2. The molecule has 1 rings (SSSR count). The number of nitro benzene ring substituents is 1. The Kier molecular flexibility index (Phi) is 4.43. The zero-order valence-electron chi connectivity index (χ0n) is 9.35. The number of primary amides is 1. The number of ether oxygens (including phenoxy) is 1. The van der Waals surface area contributed by atoms with Crippen LogP contribution in [0.5, 0.6) is 5.75 Å². The number of hydrogen-bond acceptors (Lipinski definition) is 4. The van der Waals surface area contributed by atoms with E-state index in [4.69, 9.17) is 22.1 Å². The minimum atomic E-state index is -1.10. The normalized spacial score (nSPS) is 11.9. The van der Waals surface area contributed by atoms with Crippen molar-refractivity contribution in [2.75, 3.05) is 0 Å². The lowest BCUT2D eigenvalue weighted by molar-refractivity contribution is -0.387. The minimum Gasteiger partial charge on any atom is -0.479 e. The SMILES string of the molecule is CCC(Oc1cc(F)c([N+](=O)[O-])cc1Cl)C(N)=O. The summed E-state index contributed by atoms with van der Waals surface area (Å²) in [5.74, 6) is -1.99. The van der Waals surface area contributed by atoms with Crippen molar-refractivity contribution >= 4 is 23.2 Å². The van der Waals surface area contributed by atoms with E-state index in [0.29, 0.717) is 0 Å². The van der Waals surface area contributed by atoms with Crippen molar-refractivity contribution in [1.82, 2.24) is 0 Å². The summed E-state index contributed by atoms with van der Waals surface area (Å²) < 4.78 is 18.4. The molecule has 8 heteroatoms. The van der Waals surface area contributed by atoms with Crippen molar-refractivity contribution in [3.8, 4) is 5.75 Å². The summed E-state index contributed by atoms with van der Waals surface area (Å²) in [4.78, 5) is 20.5. The Labute approximate surface area is 107 Å². The van der Waals surface area contributed by atoms with Crippen LogP contribution < -0.4 is 10.5 Å². The number of halogens is 2. The van der Waals surface area contributed by atoms with E-state index in [-0.39, 0.29) is 17.2 Å². The van der Waals surface area contributed by atoms with Crippen LogP contribution in [0.4, 0.5) is 10.1 Å². The van der Waals surface area contributed by atoms with Gasteiger partial charge in [-0.2, -0.15) is 4.39 Å². The second-order valence-electron chi connectivity index (χ2n) is 3.41. The van der Waals surface area contributed by atoms with Crippen LogP contribution >= 0.6 is 11.6 Å². The summed E-state index contributed by atoms with van der Waals surface area (Å²) in [5, 5.41) is 10.3. The molecule has 0 heterocycles. The van der Waals surface area contributed by atoms with E-state index in [2.05, 4.69) is 0 Å². The molecule has 0 bridgehead atoms. The van der Waals surface area contributed by atoms with Gasteiger partial charge in [-0.25, -0.2) is 0 Å². The van der Waals surface area contributed by atoms with Crippen molar-refractivity contribution in [2.45, 2.75) is 19.4 Å². The van der Waals surface area contributed by atoms with Gasteiger partial charge in [0.05, 0.1) is 9.95 Å². The topological polar surface area (TPSA) is 95.5 Å². The minimum absolute atomic E-state index is 0.162. The van der Waals surface area contributed by atoms with E-state index in [9.17, 15) is 19.3 Å². The number of nitrogens with zero attached hydrogens (tertiary/aromatic N) is 1. The van der Waals surface area contributed by atoms with Gasteiger partial charge >= 0.3 is 5.69 Å². The zero-order chi connectivity index (χ0) is 13.9. The van der Waals surface area contributed by atoms with E-state index in [1.165, 1.54) is 0 Å². The van der Waals surface area contributed by atoms with Crippen LogP contribution in [0.3, 0.4) is 0 Å². The number of carbonyl (C=O) groups excluding carboxylic acids is 1. The first-order valence-electron chi connectivity index (χ1n) is 4.96. The van der Waals surface area contributed by atoms with Gasteiger partial charge in [-0.1, -0.05) is 18.5 Å². The Morgan fingerprint density at radius 3 is 2.72 bits per heavy atom. The van der Waals surface area contributed by atoms with E-state index in [0.717, 1.165) is 12.1 Å². The van der Waals surface area contributed by atoms with Crippen molar-refractivity contribution < 1.29 is 18.8 Å². The van der Waals surface area contributed by atoms with E-state index < -0.39 is 28.4 Å². The molecule has 0 aromatic heterocycles. The molecule has 0 aliphatic heterocycles. The number of carbonyl (C=O) groups is 1. The smallest absolute Gasteiger partial charge is 0.306 e. The molecule has 0 saturated carbocycles. The predicted molar refractivity (Wildman–Crippen MR) is 62.0 cm³/mol.